The van der Waals surface area contributed by atoms with Crippen LogP contribution in [0.5, 0.6) is 0 Å². The van der Waals surface area contributed by atoms with E-state index < -0.39 is 5.41 Å². The van der Waals surface area contributed by atoms with Gasteiger partial charge in [0.1, 0.15) is 11.6 Å². The second kappa shape index (κ2) is 5.23. The molecule has 0 saturated heterocycles. The summed E-state index contributed by atoms with van der Waals surface area (Å²) in [5.74, 6) is -0.249. The summed E-state index contributed by atoms with van der Waals surface area (Å²) in [6.45, 7) is 1.70. The Morgan fingerprint density at radius 2 is 1.88 bits per heavy atom. The molecule has 0 heterocycles. The monoisotopic (exact) mass is 226 g/mol. The van der Waals surface area contributed by atoms with Crippen molar-refractivity contribution in [2.24, 2.45) is 5.41 Å². The fourth-order valence-electron chi connectivity index (χ4n) is 2.08. The van der Waals surface area contributed by atoms with Gasteiger partial charge in [0.2, 0.25) is 0 Å². The van der Waals surface area contributed by atoms with E-state index in [1.165, 1.54) is 7.11 Å². The first-order valence-corrected chi connectivity index (χ1v) is 5.64. The van der Waals surface area contributed by atoms with Gasteiger partial charge in [0.25, 0.3) is 0 Å². The van der Waals surface area contributed by atoms with Crippen molar-refractivity contribution in [3.63, 3.8) is 0 Å². The third-order valence-electron chi connectivity index (χ3n) is 3.32. The van der Waals surface area contributed by atoms with Crippen molar-refractivity contribution in [1.29, 1.82) is 0 Å². The molecule has 0 bridgehead atoms. The van der Waals surface area contributed by atoms with Crippen LogP contribution in [0.1, 0.15) is 45.4 Å². The van der Waals surface area contributed by atoms with E-state index in [-0.39, 0.29) is 24.0 Å². The molecule has 0 aromatic rings. The highest BCUT2D eigenvalue weighted by molar-refractivity contribution is 6.08. The van der Waals surface area contributed by atoms with E-state index in [2.05, 4.69) is 4.74 Å². The molecule has 1 rings (SSSR count). The summed E-state index contributed by atoms with van der Waals surface area (Å²) in [4.78, 5) is 34.4. The van der Waals surface area contributed by atoms with E-state index in [0.717, 1.165) is 0 Å². The van der Waals surface area contributed by atoms with Gasteiger partial charge in [-0.2, -0.15) is 0 Å². The maximum absolute atomic E-state index is 11.7. The van der Waals surface area contributed by atoms with Gasteiger partial charge in [-0.3, -0.25) is 14.4 Å². The zero-order valence-corrected chi connectivity index (χ0v) is 9.88. The largest absolute Gasteiger partial charge is 0.469 e. The molecule has 1 aliphatic carbocycles. The average molecular weight is 226 g/mol. The zero-order chi connectivity index (χ0) is 12.2. The molecular weight excluding hydrogens is 208 g/mol. The molecular formula is C12H18O4. The van der Waals surface area contributed by atoms with Crippen LogP contribution in [0.4, 0.5) is 0 Å². The van der Waals surface area contributed by atoms with Crippen LogP contribution in [0.25, 0.3) is 0 Å². The molecule has 0 unspecified atom stereocenters. The van der Waals surface area contributed by atoms with Crippen molar-refractivity contribution < 1.29 is 19.1 Å². The molecule has 0 amide bonds. The standard InChI is InChI=1S/C12H18O4/c1-12(8-4-7-11(15)16-2)9(13)5-3-6-10(12)14/h3-8H2,1-2H3. The van der Waals surface area contributed by atoms with E-state index in [4.69, 9.17) is 0 Å². The molecule has 0 N–H and O–H groups in total. The lowest BCUT2D eigenvalue weighted by atomic mass is 9.70. The first-order valence-electron chi connectivity index (χ1n) is 5.64. The third-order valence-corrected chi connectivity index (χ3v) is 3.32. The summed E-state index contributed by atoms with van der Waals surface area (Å²) in [7, 11) is 1.33. The van der Waals surface area contributed by atoms with E-state index >= 15 is 0 Å². The van der Waals surface area contributed by atoms with Crippen LogP contribution in [-0.2, 0) is 19.1 Å². The molecule has 4 nitrogen and oxygen atoms in total. The number of ketones is 2. The van der Waals surface area contributed by atoms with Gasteiger partial charge >= 0.3 is 5.97 Å². The minimum atomic E-state index is -0.855. The number of hydrogen-bond acceptors (Lipinski definition) is 4. The van der Waals surface area contributed by atoms with Gasteiger partial charge in [0, 0.05) is 19.3 Å². The van der Waals surface area contributed by atoms with Crippen molar-refractivity contribution in [3.05, 3.63) is 0 Å². The van der Waals surface area contributed by atoms with Gasteiger partial charge in [-0.25, -0.2) is 0 Å². The molecule has 0 aromatic heterocycles. The fraction of sp³-hybridized carbons (Fsp3) is 0.750. The van der Waals surface area contributed by atoms with E-state index in [9.17, 15) is 14.4 Å². The number of esters is 1. The Kier molecular flexibility index (Phi) is 4.21. The minimum Gasteiger partial charge on any atom is -0.469 e. The lowest BCUT2D eigenvalue weighted by Crippen LogP contribution is -2.39. The molecule has 1 fully saturated rings. The summed E-state index contributed by atoms with van der Waals surface area (Å²) in [6, 6.07) is 0. The van der Waals surface area contributed by atoms with E-state index in [1.54, 1.807) is 6.92 Å². The highest BCUT2D eigenvalue weighted by Crippen LogP contribution is 2.34. The number of carbonyl (C=O) groups excluding carboxylic acids is 3. The zero-order valence-electron chi connectivity index (χ0n) is 9.88. The lowest BCUT2D eigenvalue weighted by Gasteiger charge is -2.30. The molecule has 0 aromatic carbocycles. The number of Topliss-reactive ketones (excluding diaryl/α,β-unsaturated/α-hetero) is 2. The molecule has 90 valence electrons. The SMILES string of the molecule is COC(=O)CCCC1(C)C(=O)CCCC1=O. The number of carbonyl (C=O) groups is 3. The molecule has 0 radical (unpaired) electrons. The van der Waals surface area contributed by atoms with Gasteiger partial charge in [-0.05, 0) is 26.2 Å². The van der Waals surface area contributed by atoms with Gasteiger partial charge in [0.15, 0.2) is 0 Å². The predicted octanol–water partition coefficient (Wildman–Crippen LogP) is 1.66. The summed E-state index contributed by atoms with van der Waals surface area (Å²) < 4.78 is 4.52. The normalized spacial score (nSPS) is 19.6. The van der Waals surface area contributed by atoms with Crippen molar-refractivity contribution in [2.45, 2.75) is 45.4 Å². The second-order valence-electron chi connectivity index (χ2n) is 4.46. The van der Waals surface area contributed by atoms with Gasteiger partial charge < -0.3 is 4.74 Å². The topological polar surface area (TPSA) is 60.4 Å². The van der Waals surface area contributed by atoms with Crippen LogP contribution in [0.2, 0.25) is 0 Å². The Morgan fingerprint density at radius 1 is 1.31 bits per heavy atom. The Morgan fingerprint density at radius 3 is 2.38 bits per heavy atom. The number of hydrogen-bond donors (Lipinski definition) is 0. The quantitative estimate of drug-likeness (QED) is 0.540. The molecule has 0 atom stereocenters. The molecule has 0 spiro atoms. The Bertz CT molecular complexity index is 290. The summed E-state index contributed by atoms with van der Waals surface area (Å²) in [6.07, 6.45) is 2.90. The highest BCUT2D eigenvalue weighted by atomic mass is 16.5. The number of rotatable bonds is 4. The molecule has 16 heavy (non-hydrogen) atoms. The third kappa shape index (κ3) is 2.68. The van der Waals surface area contributed by atoms with Gasteiger partial charge in [-0.15, -0.1) is 0 Å². The van der Waals surface area contributed by atoms with Crippen LogP contribution in [0.15, 0.2) is 0 Å². The maximum Gasteiger partial charge on any atom is 0.305 e. The van der Waals surface area contributed by atoms with E-state index in [1.807, 2.05) is 0 Å². The van der Waals surface area contributed by atoms with Crippen LogP contribution in [0, 0.1) is 5.41 Å². The molecule has 0 aliphatic heterocycles. The predicted molar refractivity (Wildman–Crippen MR) is 57.8 cm³/mol. The molecule has 1 aliphatic rings. The lowest BCUT2D eigenvalue weighted by molar-refractivity contribution is -0.145. The smallest absolute Gasteiger partial charge is 0.305 e. The van der Waals surface area contributed by atoms with Crippen molar-refractivity contribution in [2.75, 3.05) is 7.11 Å². The first-order chi connectivity index (χ1) is 7.50. The summed E-state index contributed by atoms with van der Waals surface area (Å²) in [5.41, 5.74) is -0.855. The fourth-order valence-corrected chi connectivity index (χ4v) is 2.08. The van der Waals surface area contributed by atoms with Crippen LogP contribution < -0.4 is 0 Å². The maximum atomic E-state index is 11.7. The van der Waals surface area contributed by atoms with Crippen LogP contribution in [0.3, 0.4) is 0 Å². The van der Waals surface area contributed by atoms with Crippen molar-refractivity contribution in [1.82, 2.24) is 0 Å². The number of methoxy groups -OCH3 is 1. The van der Waals surface area contributed by atoms with Crippen LogP contribution in [-0.4, -0.2) is 24.6 Å². The highest BCUT2D eigenvalue weighted by Gasteiger charge is 2.41. The second-order valence-corrected chi connectivity index (χ2v) is 4.46. The van der Waals surface area contributed by atoms with Crippen molar-refractivity contribution >= 4 is 17.5 Å². The van der Waals surface area contributed by atoms with Gasteiger partial charge in [-0.1, -0.05) is 0 Å². The average Bonchev–Trinajstić information content (AvgIpc) is 2.26. The minimum absolute atomic E-state index is 0.0219. The molecule has 4 heteroatoms. The Labute approximate surface area is 95.3 Å². The van der Waals surface area contributed by atoms with Crippen molar-refractivity contribution in [3.8, 4) is 0 Å². The number of ether oxygens (including phenoxy) is 1. The van der Waals surface area contributed by atoms with Gasteiger partial charge in [0.05, 0.1) is 12.5 Å². The summed E-state index contributed by atoms with van der Waals surface area (Å²) >= 11 is 0. The first kappa shape index (κ1) is 12.9. The Balaban J connectivity index is 2.52. The Hall–Kier alpha value is -1.19. The summed E-state index contributed by atoms with van der Waals surface area (Å²) in [5, 5.41) is 0. The van der Waals surface area contributed by atoms with E-state index in [0.29, 0.717) is 32.1 Å². The van der Waals surface area contributed by atoms with Crippen LogP contribution >= 0.6 is 0 Å². The molecule has 1 saturated carbocycles.